The van der Waals surface area contributed by atoms with Gasteiger partial charge in [0.1, 0.15) is 5.75 Å². The van der Waals surface area contributed by atoms with Crippen molar-refractivity contribution in [2.24, 2.45) is 5.10 Å². The molecule has 0 heterocycles. The lowest BCUT2D eigenvalue weighted by molar-refractivity contribution is 0.0955. The van der Waals surface area contributed by atoms with E-state index in [0.29, 0.717) is 12.2 Å². The van der Waals surface area contributed by atoms with Crippen LogP contribution in [0.15, 0.2) is 59.7 Å². The summed E-state index contributed by atoms with van der Waals surface area (Å²) in [6.45, 7) is 0.603. The maximum absolute atomic E-state index is 11.8. The monoisotopic (exact) mass is 346 g/mol. The van der Waals surface area contributed by atoms with Gasteiger partial charge in [-0.25, -0.2) is 5.43 Å². The number of nitrogens with zero attached hydrogens (tertiary/aromatic N) is 1. The molecule has 0 saturated heterocycles. The van der Waals surface area contributed by atoms with Crippen LogP contribution < -0.4 is 10.2 Å². The predicted molar refractivity (Wildman–Crippen MR) is 87.2 cm³/mol. The van der Waals surface area contributed by atoms with Crippen molar-refractivity contribution in [2.75, 3.05) is 11.9 Å². The minimum atomic E-state index is -0.237. The van der Waals surface area contributed by atoms with Gasteiger partial charge in [0.25, 0.3) is 5.91 Å². The molecule has 0 atom stereocenters. The van der Waals surface area contributed by atoms with E-state index in [-0.39, 0.29) is 5.91 Å². The molecule has 0 saturated carbocycles. The highest BCUT2D eigenvalue weighted by Gasteiger charge is 2.01. The number of benzene rings is 2. The van der Waals surface area contributed by atoms with Gasteiger partial charge in [-0.15, -0.1) is 0 Å². The van der Waals surface area contributed by atoms with Crippen LogP contribution in [0.3, 0.4) is 0 Å². The average Bonchev–Trinajstić information content (AvgIpc) is 2.54. The lowest BCUT2D eigenvalue weighted by atomic mass is 10.2. The molecule has 0 aliphatic heterocycles. The smallest absolute Gasteiger partial charge is 0.271 e. The third-order valence-electron chi connectivity index (χ3n) is 2.62. The molecule has 1 amide bonds. The molecule has 0 spiro atoms. The summed E-state index contributed by atoms with van der Waals surface area (Å²) in [4.78, 5) is 11.8. The number of nitrogens with one attached hydrogen (secondary N) is 1. The van der Waals surface area contributed by atoms with Crippen molar-refractivity contribution in [2.45, 2.75) is 0 Å². The molecule has 0 bridgehead atoms. The highest BCUT2D eigenvalue weighted by molar-refractivity contribution is 9.09. The average molecular weight is 347 g/mol. The molecule has 2 rings (SSSR count). The third kappa shape index (κ3) is 5.04. The first-order valence-electron chi connectivity index (χ1n) is 6.47. The second-order valence-electron chi connectivity index (χ2n) is 4.18. The van der Waals surface area contributed by atoms with Crippen molar-refractivity contribution in [1.29, 1.82) is 0 Å². The summed E-state index contributed by atoms with van der Waals surface area (Å²) in [5.74, 6) is 0.534. The van der Waals surface area contributed by atoms with E-state index >= 15 is 0 Å². The van der Waals surface area contributed by atoms with Crippen molar-refractivity contribution in [3.8, 4) is 5.75 Å². The molecule has 2 aromatic rings. The standard InChI is InChI=1S/C16H15BrN2O2/c17-9-10-21-15-8-4-5-13(11-15)12-18-19-16(20)14-6-2-1-3-7-14/h1-8,11-12H,9-10H2,(H,19,20)/b18-12+. The van der Waals surface area contributed by atoms with Crippen LogP contribution in [0.2, 0.25) is 0 Å². The van der Waals surface area contributed by atoms with Crippen molar-refractivity contribution >= 4 is 28.1 Å². The zero-order valence-corrected chi connectivity index (χ0v) is 12.9. The molecular weight excluding hydrogens is 332 g/mol. The highest BCUT2D eigenvalue weighted by Crippen LogP contribution is 2.12. The fourth-order valence-corrected chi connectivity index (χ4v) is 1.82. The Balaban J connectivity index is 1.93. The number of ether oxygens (including phenoxy) is 1. The summed E-state index contributed by atoms with van der Waals surface area (Å²) in [7, 11) is 0. The van der Waals surface area contributed by atoms with Gasteiger partial charge in [0.15, 0.2) is 0 Å². The maximum Gasteiger partial charge on any atom is 0.271 e. The maximum atomic E-state index is 11.8. The first-order valence-corrected chi connectivity index (χ1v) is 7.59. The summed E-state index contributed by atoms with van der Waals surface area (Å²) in [5, 5.41) is 4.73. The minimum Gasteiger partial charge on any atom is -0.493 e. The fourth-order valence-electron chi connectivity index (χ4n) is 1.66. The van der Waals surface area contributed by atoms with Gasteiger partial charge in [-0.3, -0.25) is 4.79 Å². The molecular formula is C16H15BrN2O2. The third-order valence-corrected chi connectivity index (χ3v) is 2.94. The van der Waals surface area contributed by atoms with Crippen LogP contribution in [0.4, 0.5) is 0 Å². The molecule has 1 N–H and O–H groups in total. The Hall–Kier alpha value is -2.14. The number of alkyl halides is 1. The Morgan fingerprint density at radius 2 is 2.00 bits per heavy atom. The number of hydrogen-bond acceptors (Lipinski definition) is 3. The largest absolute Gasteiger partial charge is 0.493 e. The van der Waals surface area contributed by atoms with Gasteiger partial charge in [0.05, 0.1) is 12.8 Å². The Morgan fingerprint density at radius 3 is 2.76 bits per heavy atom. The predicted octanol–water partition coefficient (Wildman–Crippen LogP) is 3.22. The molecule has 0 aliphatic rings. The number of rotatable bonds is 6. The molecule has 0 radical (unpaired) electrons. The second kappa shape index (κ2) is 8.21. The van der Waals surface area contributed by atoms with E-state index in [9.17, 15) is 4.79 Å². The highest BCUT2D eigenvalue weighted by atomic mass is 79.9. The van der Waals surface area contributed by atoms with E-state index in [1.54, 1.807) is 18.3 Å². The van der Waals surface area contributed by atoms with Gasteiger partial charge in [-0.1, -0.05) is 46.3 Å². The lowest BCUT2D eigenvalue weighted by Gasteiger charge is -2.04. The van der Waals surface area contributed by atoms with Crippen LogP contribution in [0.5, 0.6) is 5.75 Å². The zero-order valence-electron chi connectivity index (χ0n) is 11.3. The van der Waals surface area contributed by atoms with Crippen LogP contribution in [0.25, 0.3) is 0 Å². The first kappa shape index (κ1) is 15.3. The summed E-state index contributed by atoms with van der Waals surface area (Å²) >= 11 is 3.31. The molecule has 0 aliphatic carbocycles. The summed E-state index contributed by atoms with van der Waals surface area (Å²) in [5.41, 5.74) is 3.92. The normalized spacial score (nSPS) is 10.5. The summed E-state index contributed by atoms with van der Waals surface area (Å²) < 4.78 is 5.50. The number of carbonyl (C=O) groups excluding carboxylic acids is 1. The number of halogens is 1. The Kier molecular flexibility index (Phi) is 5.97. The lowest BCUT2D eigenvalue weighted by Crippen LogP contribution is -2.17. The van der Waals surface area contributed by atoms with Crippen molar-refractivity contribution in [1.82, 2.24) is 5.43 Å². The minimum absolute atomic E-state index is 0.237. The van der Waals surface area contributed by atoms with E-state index in [0.717, 1.165) is 16.6 Å². The number of carbonyl (C=O) groups is 1. The van der Waals surface area contributed by atoms with Gasteiger partial charge < -0.3 is 4.74 Å². The van der Waals surface area contributed by atoms with Gasteiger partial charge in [0, 0.05) is 10.9 Å². The van der Waals surface area contributed by atoms with Crippen LogP contribution in [0, 0.1) is 0 Å². The Labute approximate surface area is 132 Å². The van der Waals surface area contributed by atoms with Crippen LogP contribution in [-0.2, 0) is 0 Å². The van der Waals surface area contributed by atoms with Crippen molar-refractivity contribution in [3.05, 3.63) is 65.7 Å². The van der Waals surface area contributed by atoms with Crippen molar-refractivity contribution < 1.29 is 9.53 Å². The van der Waals surface area contributed by atoms with Gasteiger partial charge in [-0.05, 0) is 29.8 Å². The first-order chi connectivity index (χ1) is 10.3. The topological polar surface area (TPSA) is 50.7 Å². The molecule has 4 nitrogen and oxygen atoms in total. The van der Waals surface area contributed by atoms with Crippen LogP contribution in [-0.4, -0.2) is 24.1 Å². The molecule has 5 heteroatoms. The van der Waals surface area contributed by atoms with Gasteiger partial charge in [-0.2, -0.15) is 5.10 Å². The number of amides is 1. The molecule has 2 aromatic carbocycles. The Morgan fingerprint density at radius 1 is 1.19 bits per heavy atom. The van der Waals surface area contributed by atoms with E-state index in [4.69, 9.17) is 4.74 Å². The summed E-state index contributed by atoms with van der Waals surface area (Å²) in [6.07, 6.45) is 1.59. The fraction of sp³-hybridized carbons (Fsp3) is 0.125. The van der Waals surface area contributed by atoms with E-state index in [1.807, 2.05) is 42.5 Å². The number of hydrogen-bond donors (Lipinski definition) is 1. The van der Waals surface area contributed by atoms with Crippen LogP contribution >= 0.6 is 15.9 Å². The second-order valence-corrected chi connectivity index (χ2v) is 4.97. The van der Waals surface area contributed by atoms with Gasteiger partial charge >= 0.3 is 0 Å². The molecule has 108 valence electrons. The summed E-state index contributed by atoms with van der Waals surface area (Å²) in [6, 6.07) is 16.5. The molecule has 0 unspecified atom stereocenters. The SMILES string of the molecule is O=C(N/N=C/c1cccc(OCCBr)c1)c1ccccc1. The van der Waals surface area contributed by atoms with Gasteiger partial charge in [0.2, 0.25) is 0 Å². The quantitative estimate of drug-likeness (QED) is 0.496. The van der Waals surface area contributed by atoms with E-state index in [1.165, 1.54) is 0 Å². The molecule has 0 fully saturated rings. The van der Waals surface area contributed by atoms with Crippen molar-refractivity contribution in [3.63, 3.8) is 0 Å². The molecule has 0 aromatic heterocycles. The number of hydrazone groups is 1. The zero-order chi connectivity index (χ0) is 14.9. The van der Waals surface area contributed by atoms with E-state index in [2.05, 4.69) is 26.5 Å². The van der Waals surface area contributed by atoms with Crippen LogP contribution in [0.1, 0.15) is 15.9 Å². The molecule has 21 heavy (non-hydrogen) atoms. The Bertz CT molecular complexity index is 615. The van der Waals surface area contributed by atoms with E-state index < -0.39 is 0 Å².